The van der Waals surface area contributed by atoms with Crippen LogP contribution in [0, 0.1) is 46.3 Å². The van der Waals surface area contributed by atoms with Crippen molar-refractivity contribution in [2.75, 3.05) is 0 Å². The topological polar surface area (TPSA) is 23.8 Å². The predicted octanol–water partition coefficient (Wildman–Crippen LogP) is 9.46. The Morgan fingerprint density at radius 1 is 0.633 bits per heavy atom. The minimum Gasteiger partial charge on any atom is -0.198 e. The van der Waals surface area contributed by atoms with E-state index in [1.165, 1.54) is 128 Å². The summed E-state index contributed by atoms with van der Waals surface area (Å²) in [6, 6.07) is 2.91. The van der Waals surface area contributed by atoms with E-state index in [-0.39, 0.29) is 5.41 Å². The molecule has 0 bridgehead atoms. The first-order valence-electron chi connectivity index (χ1n) is 14.1. The Hall–Kier alpha value is -0.510. The Morgan fingerprint density at radius 2 is 1.17 bits per heavy atom. The van der Waals surface area contributed by atoms with E-state index in [0.29, 0.717) is 5.92 Å². The van der Waals surface area contributed by atoms with Gasteiger partial charge in [0.25, 0.3) is 0 Å². The van der Waals surface area contributed by atoms with Gasteiger partial charge in [-0.2, -0.15) is 5.26 Å². The van der Waals surface area contributed by atoms with Crippen LogP contribution in [0.3, 0.4) is 0 Å². The monoisotopic (exact) mass is 413 g/mol. The fourth-order valence-electron chi connectivity index (χ4n) is 7.54. The van der Waals surface area contributed by atoms with Gasteiger partial charge in [0.05, 0.1) is 11.5 Å². The van der Waals surface area contributed by atoms with E-state index in [1.807, 2.05) is 0 Å². The van der Waals surface area contributed by atoms with Gasteiger partial charge in [0.2, 0.25) is 0 Å². The predicted molar refractivity (Wildman–Crippen MR) is 129 cm³/mol. The van der Waals surface area contributed by atoms with Crippen molar-refractivity contribution >= 4 is 0 Å². The molecule has 3 rings (SSSR count). The van der Waals surface area contributed by atoms with Crippen molar-refractivity contribution in [2.24, 2.45) is 35.0 Å². The van der Waals surface area contributed by atoms with Crippen molar-refractivity contribution in [3.63, 3.8) is 0 Å². The lowest BCUT2D eigenvalue weighted by Crippen LogP contribution is -2.38. The minimum absolute atomic E-state index is 0.0444. The molecule has 0 aromatic rings. The van der Waals surface area contributed by atoms with Crippen LogP contribution in [0.15, 0.2) is 0 Å². The molecule has 0 N–H and O–H groups in total. The second-order valence-electron chi connectivity index (χ2n) is 11.6. The van der Waals surface area contributed by atoms with Crippen molar-refractivity contribution < 1.29 is 0 Å². The van der Waals surface area contributed by atoms with E-state index >= 15 is 0 Å². The number of rotatable bonds is 10. The first-order valence-corrected chi connectivity index (χ1v) is 14.1. The number of unbranched alkanes of at least 4 members (excludes halogenated alkanes) is 4. The van der Waals surface area contributed by atoms with Crippen molar-refractivity contribution in [3.05, 3.63) is 0 Å². The third-order valence-electron chi connectivity index (χ3n) is 9.76. The van der Waals surface area contributed by atoms with E-state index in [0.717, 1.165) is 23.7 Å². The van der Waals surface area contributed by atoms with E-state index in [4.69, 9.17) is 0 Å². The summed E-state index contributed by atoms with van der Waals surface area (Å²) in [4.78, 5) is 0. The van der Waals surface area contributed by atoms with Gasteiger partial charge in [-0.3, -0.25) is 0 Å². The third-order valence-corrected chi connectivity index (χ3v) is 9.76. The largest absolute Gasteiger partial charge is 0.198 e. The van der Waals surface area contributed by atoms with Crippen molar-refractivity contribution in [1.29, 1.82) is 5.26 Å². The van der Waals surface area contributed by atoms with E-state index < -0.39 is 0 Å². The Morgan fingerprint density at radius 3 is 1.73 bits per heavy atom. The Bertz CT molecular complexity index is 493. The average Bonchev–Trinajstić information content (AvgIpc) is 2.81. The van der Waals surface area contributed by atoms with Crippen LogP contribution in [0.5, 0.6) is 0 Å². The standard InChI is InChI=1S/C29H51N/c1-3-5-7-8-10-25-11-15-26(16-12-25)27-19-21-29(23-30,22-20-27)28-17-13-24(14-18-28)9-6-4-2/h24-28H,3-22H2,1-2H3/t24?,25?,26?,27-,28?,29-. The highest BCUT2D eigenvalue weighted by Crippen LogP contribution is 2.52. The molecule has 3 fully saturated rings. The minimum atomic E-state index is 0.0444. The molecule has 3 aliphatic carbocycles. The number of hydrogen-bond acceptors (Lipinski definition) is 1. The van der Waals surface area contributed by atoms with Gasteiger partial charge in [0.15, 0.2) is 0 Å². The molecule has 0 aliphatic heterocycles. The SMILES string of the molecule is CCCCCCC1CCC([C@H]2CC[C@](C#N)(C3CCC(CCCC)CC3)CC2)CC1. The lowest BCUT2D eigenvalue weighted by Gasteiger charge is -2.46. The smallest absolute Gasteiger partial charge is 0.0692 e. The van der Waals surface area contributed by atoms with Gasteiger partial charge in [-0.1, -0.05) is 90.9 Å². The molecule has 3 saturated carbocycles. The van der Waals surface area contributed by atoms with Crippen LogP contribution in [0.25, 0.3) is 0 Å². The molecule has 0 heterocycles. The molecule has 1 nitrogen and oxygen atoms in total. The number of nitriles is 1. The summed E-state index contributed by atoms with van der Waals surface area (Å²) in [5.41, 5.74) is 0.0444. The summed E-state index contributed by atoms with van der Waals surface area (Å²) in [6.45, 7) is 4.63. The van der Waals surface area contributed by atoms with E-state index in [9.17, 15) is 5.26 Å². The second-order valence-corrected chi connectivity index (χ2v) is 11.6. The molecule has 0 saturated heterocycles. The molecule has 0 radical (unpaired) electrons. The highest BCUT2D eigenvalue weighted by Gasteiger charge is 2.44. The second kappa shape index (κ2) is 12.5. The van der Waals surface area contributed by atoms with E-state index in [2.05, 4.69) is 19.9 Å². The maximum absolute atomic E-state index is 10.2. The van der Waals surface area contributed by atoms with Crippen LogP contribution in [-0.4, -0.2) is 0 Å². The first kappa shape index (κ1) is 24.1. The zero-order valence-electron chi connectivity index (χ0n) is 20.5. The molecule has 30 heavy (non-hydrogen) atoms. The van der Waals surface area contributed by atoms with Crippen LogP contribution >= 0.6 is 0 Å². The molecular weight excluding hydrogens is 362 g/mol. The van der Waals surface area contributed by atoms with Crippen LogP contribution in [-0.2, 0) is 0 Å². The van der Waals surface area contributed by atoms with Crippen LogP contribution in [0.4, 0.5) is 0 Å². The summed E-state index contributed by atoms with van der Waals surface area (Å²) in [5, 5.41) is 10.2. The zero-order chi connectivity index (χ0) is 21.2. The molecular formula is C29H51N. The van der Waals surface area contributed by atoms with Gasteiger partial charge in [-0.25, -0.2) is 0 Å². The summed E-state index contributed by atoms with van der Waals surface area (Å²) in [5.74, 6) is 4.63. The Balaban J connectivity index is 1.39. The lowest BCUT2D eigenvalue weighted by molar-refractivity contribution is 0.0601. The van der Waals surface area contributed by atoms with Gasteiger partial charge in [0, 0.05) is 0 Å². The number of nitrogens with zero attached hydrogens (tertiary/aromatic N) is 1. The molecule has 0 unspecified atom stereocenters. The lowest BCUT2D eigenvalue weighted by atomic mass is 9.57. The molecule has 0 amide bonds. The molecule has 0 atom stereocenters. The maximum atomic E-state index is 10.2. The molecule has 3 aliphatic rings. The molecule has 0 aromatic heterocycles. The van der Waals surface area contributed by atoms with Crippen LogP contribution < -0.4 is 0 Å². The fourth-order valence-corrected chi connectivity index (χ4v) is 7.54. The first-order chi connectivity index (χ1) is 14.7. The summed E-state index contributed by atoms with van der Waals surface area (Å²) >= 11 is 0. The van der Waals surface area contributed by atoms with Gasteiger partial charge in [-0.05, 0) is 81.0 Å². The molecule has 0 spiro atoms. The van der Waals surface area contributed by atoms with Gasteiger partial charge < -0.3 is 0 Å². The highest BCUT2D eigenvalue weighted by atomic mass is 14.5. The quantitative estimate of drug-likeness (QED) is 0.327. The number of hydrogen-bond donors (Lipinski definition) is 0. The zero-order valence-corrected chi connectivity index (χ0v) is 20.5. The summed E-state index contributed by atoms with van der Waals surface area (Å²) in [7, 11) is 0. The van der Waals surface area contributed by atoms with Gasteiger partial charge in [0.1, 0.15) is 0 Å². The average molecular weight is 414 g/mol. The third kappa shape index (κ3) is 6.50. The van der Waals surface area contributed by atoms with Crippen LogP contribution in [0.1, 0.15) is 142 Å². The van der Waals surface area contributed by atoms with Crippen LogP contribution in [0.2, 0.25) is 0 Å². The molecule has 1 heteroatoms. The van der Waals surface area contributed by atoms with Crippen molar-refractivity contribution in [3.8, 4) is 6.07 Å². The highest BCUT2D eigenvalue weighted by molar-refractivity contribution is 5.06. The molecule has 0 aromatic carbocycles. The summed E-state index contributed by atoms with van der Waals surface area (Å²) in [6.07, 6.45) is 28.0. The van der Waals surface area contributed by atoms with Crippen molar-refractivity contribution in [1.82, 2.24) is 0 Å². The fraction of sp³-hybridized carbons (Fsp3) is 0.966. The van der Waals surface area contributed by atoms with E-state index in [1.54, 1.807) is 0 Å². The molecule has 172 valence electrons. The summed E-state index contributed by atoms with van der Waals surface area (Å²) < 4.78 is 0. The van der Waals surface area contributed by atoms with Gasteiger partial charge in [-0.15, -0.1) is 0 Å². The van der Waals surface area contributed by atoms with Gasteiger partial charge >= 0.3 is 0 Å². The maximum Gasteiger partial charge on any atom is 0.0692 e. The van der Waals surface area contributed by atoms with Crippen molar-refractivity contribution in [2.45, 2.75) is 142 Å². The Kier molecular flexibility index (Phi) is 10.1. The Labute approximate surface area is 188 Å². The normalized spacial score (nSPS) is 37.6.